The molecular formula is C16H19F5N2O. The first-order chi connectivity index (χ1) is 11.3. The average molecular weight is 350 g/mol. The summed E-state index contributed by atoms with van der Waals surface area (Å²) in [6.45, 7) is -0.466. The van der Waals surface area contributed by atoms with E-state index in [1.807, 2.05) is 0 Å². The van der Waals surface area contributed by atoms with Crippen LogP contribution < -0.4 is 5.32 Å². The number of likely N-dealkylation sites (tertiary alicyclic amines) is 1. The van der Waals surface area contributed by atoms with Crippen LogP contribution in [0.2, 0.25) is 0 Å². The molecule has 0 unspecified atom stereocenters. The molecule has 1 amide bonds. The smallest absolute Gasteiger partial charge is 0.356 e. The van der Waals surface area contributed by atoms with E-state index in [-0.39, 0.29) is 43.4 Å². The Kier molecular flexibility index (Phi) is 6.15. The summed E-state index contributed by atoms with van der Waals surface area (Å²) < 4.78 is 63.8. The van der Waals surface area contributed by atoms with Crippen LogP contribution in [0.15, 0.2) is 18.2 Å². The summed E-state index contributed by atoms with van der Waals surface area (Å²) in [6.07, 6.45) is -3.53. The fourth-order valence-corrected chi connectivity index (χ4v) is 2.83. The molecule has 1 saturated heterocycles. The lowest BCUT2D eigenvalue weighted by Crippen LogP contribution is -2.44. The number of alkyl halides is 3. The lowest BCUT2D eigenvalue weighted by Gasteiger charge is -2.31. The van der Waals surface area contributed by atoms with E-state index < -0.39 is 24.4 Å². The van der Waals surface area contributed by atoms with Crippen molar-refractivity contribution in [3.8, 4) is 0 Å². The van der Waals surface area contributed by atoms with Gasteiger partial charge in [0.15, 0.2) is 0 Å². The third-order valence-electron chi connectivity index (χ3n) is 4.10. The minimum Gasteiger partial charge on any atom is -0.356 e. The van der Waals surface area contributed by atoms with Crippen molar-refractivity contribution in [1.29, 1.82) is 0 Å². The van der Waals surface area contributed by atoms with Crippen LogP contribution in [-0.2, 0) is 11.2 Å². The van der Waals surface area contributed by atoms with Gasteiger partial charge >= 0.3 is 6.18 Å². The first-order valence-corrected chi connectivity index (χ1v) is 7.76. The van der Waals surface area contributed by atoms with Gasteiger partial charge < -0.3 is 5.32 Å². The number of piperidine rings is 1. The zero-order valence-corrected chi connectivity index (χ0v) is 13.0. The van der Waals surface area contributed by atoms with Gasteiger partial charge in [-0.25, -0.2) is 8.78 Å². The maximum absolute atomic E-state index is 13.5. The summed E-state index contributed by atoms with van der Waals surface area (Å²) in [4.78, 5) is 13.3. The molecule has 0 bridgehead atoms. The normalized spacial score (nSPS) is 17.0. The predicted molar refractivity (Wildman–Crippen MR) is 78.3 cm³/mol. The summed E-state index contributed by atoms with van der Waals surface area (Å²) >= 11 is 0. The first kappa shape index (κ1) is 18.6. The van der Waals surface area contributed by atoms with E-state index >= 15 is 0 Å². The molecule has 24 heavy (non-hydrogen) atoms. The van der Waals surface area contributed by atoms with E-state index in [2.05, 4.69) is 5.32 Å². The molecule has 0 aliphatic carbocycles. The molecule has 0 atom stereocenters. The number of carbonyl (C=O) groups is 1. The number of hydrogen-bond donors (Lipinski definition) is 1. The third-order valence-corrected chi connectivity index (χ3v) is 4.10. The van der Waals surface area contributed by atoms with Crippen LogP contribution in [0.25, 0.3) is 0 Å². The van der Waals surface area contributed by atoms with Gasteiger partial charge in [0.05, 0.1) is 6.54 Å². The number of halogens is 5. The minimum absolute atomic E-state index is 0.0250. The molecule has 8 heteroatoms. The van der Waals surface area contributed by atoms with E-state index in [0.717, 1.165) is 12.1 Å². The average Bonchev–Trinajstić information content (AvgIpc) is 2.49. The number of nitrogens with zero attached hydrogens (tertiary/aromatic N) is 1. The van der Waals surface area contributed by atoms with Gasteiger partial charge in [0, 0.05) is 18.0 Å². The molecule has 1 aromatic rings. The zero-order chi connectivity index (χ0) is 17.7. The fraction of sp³-hybridized carbons (Fsp3) is 0.562. The quantitative estimate of drug-likeness (QED) is 0.829. The van der Waals surface area contributed by atoms with Gasteiger partial charge in [0.2, 0.25) is 5.91 Å². The van der Waals surface area contributed by atoms with Crippen LogP contribution in [0.5, 0.6) is 0 Å². The lowest BCUT2D eigenvalue weighted by molar-refractivity contribution is -0.149. The molecule has 1 aliphatic heterocycles. The molecule has 1 fully saturated rings. The standard InChI is InChI=1S/C16H19F5N2O/c17-13-2-1-3-14(18)12(13)4-7-22-15(24)11-5-8-23(9-6-11)10-16(19,20)21/h1-3,11H,4-10H2,(H,22,24). The fourth-order valence-electron chi connectivity index (χ4n) is 2.83. The van der Waals surface area contributed by atoms with Crippen molar-refractivity contribution in [2.24, 2.45) is 5.92 Å². The molecule has 3 nitrogen and oxygen atoms in total. The maximum atomic E-state index is 13.5. The van der Waals surface area contributed by atoms with E-state index in [1.165, 1.54) is 11.0 Å². The SMILES string of the molecule is O=C(NCCc1c(F)cccc1F)C1CCN(CC(F)(F)F)CC1. The molecule has 2 rings (SSSR count). The number of nitrogens with one attached hydrogen (secondary N) is 1. The van der Waals surface area contributed by atoms with E-state index in [4.69, 9.17) is 0 Å². The molecule has 0 aromatic heterocycles. The van der Waals surface area contributed by atoms with Gasteiger partial charge in [-0.1, -0.05) is 6.07 Å². The molecule has 0 spiro atoms. The summed E-state index contributed by atoms with van der Waals surface area (Å²) in [5.41, 5.74) is -0.0854. The van der Waals surface area contributed by atoms with E-state index in [1.54, 1.807) is 0 Å². The van der Waals surface area contributed by atoms with Crippen molar-refractivity contribution < 1.29 is 26.7 Å². The highest BCUT2D eigenvalue weighted by Gasteiger charge is 2.33. The largest absolute Gasteiger partial charge is 0.401 e. The molecule has 0 saturated carbocycles. The second kappa shape index (κ2) is 7.92. The Labute approximate surface area is 136 Å². The topological polar surface area (TPSA) is 32.3 Å². The lowest BCUT2D eigenvalue weighted by atomic mass is 9.96. The highest BCUT2D eigenvalue weighted by atomic mass is 19.4. The number of hydrogen-bond acceptors (Lipinski definition) is 2. The minimum atomic E-state index is -4.24. The zero-order valence-electron chi connectivity index (χ0n) is 13.0. The Morgan fingerprint density at radius 3 is 2.29 bits per heavy atom. The van der Waals surface area contributed by atoms with Gasteiger partial charge in [0.25, 0.3) is 0 Å². The molecule has 1 aliphatic rings. The van der Waals surface area contributed by atoms with Crippen LogP contribution in [-0.4, -0.2) is 43.2 Å². The van der Waals surface area contributed by atoms with Crippen LogP contribution in [0, 0.1) is 17.6 Å². The molecule has 1 heterocycles. The van der Waals surface area contributed by atoms with Crippen LogP contribution in [0.4, 0.5) is 22.0 Å². The van der Waals surface area contributed by atoms with E-state index in [9.17, 15) is 26.7 Å². The first-order valence-electron chi connectivity index (χ1n) is 7.76. The van der Waals surface area contributed by atoms with Crippen LogP contribution in [0.3, 0.4) is 0 Å². The van der Waals surface area contributed by atoms with Crippen molar-refractivity contribution in [3.05, 3.63) is 35.4 Å². The van der Waals surface area contributed by atoms with Gasteiger partial charge in [-0.3, -0.25) is 9.69 Å². The Morgan fingerprint density at radius 2 is 1.75 bits per heavy atom. The Balaban J connectivity index is 1.74. The van der Waals surface area contributed by atoms with Crippen molar-refractivity contribution in [1.82, 2.24) is 10.2 Å². The van der Waals surface area contributed by atoms with Gasteiger partial charge in [-0.2, -0.15) is 13.2 Å². The monoisotopic (exact) mass is 350 g/mol. The summed E-state index contributed by atoms with van der Waals surface area (Å²) in [7, 11) is 0. The summed E-state index contributed by atoms with van der Waals surface area (Å²) in [5.74, 6) is -1.97. The van der Waals surface area contributed by atoms with Crippen LogP contribution >= 0.6 is 0 Å². The van der Waals surface area contributed by atoms with Crippen molar-refractivity contribution in [2.75, 3.05) is 26.2 Å². The second-order valence-electron chi connectivity index (χ2n) is 5.91. The van der Waals surface area contributed by atoms with Crippen molar-refractivity contribution >= 4 is 5.91 Å². The molecule has 134 valence electrons. The Bertz CT molecular complexity index is 548. The maximum Gasteiger partial charge on any atom is 0.401 e. The highest BCUT2D eigenvalue weighted by Crippen LogP contribution is 2.22. The van der Waals surface area contributed by atoms with Gasteiger partial charge in [-0.05, 0) is 44.5 Å². The number of carbonyl (C=O) groups excluding carboxylic acids is 1. The van der Waals surface area contributed by atoms with Gasteiger partial charge in [0.1, 0.15) is 11.6 Å². The highest BCUT2D eigenvalue weighted by molar-refractivity contribution is 5.78. The summed E-state index contributed by atoms with van der Waals surface area (Å²) in [5, 5.41) is 2.61. The Morgan fingerprint density at radius 1 is 1.17 bits per heavy atom. The number of benzene rings is 1. The van der Waals surface area contributed by atoms with Crippen molar-refractivity contribution in [2.45, 2.75) is 25.4 Å². The molecule has 0 radical (unpaired) electrons. The second-order valence-corrected chi connectivity index (χ2v) is 5.91. The summed E-state index contributed by atoms with van der Waals surface area (Å²) in [6, 6.07) is 3.56. The Hall–Kier alpha value is -1.70. The molecule has 1 N–H and O–H groups in total. The molecular weight excluding hydrogens is 331 g/mol. The third kappa shape index (κ3) is 5.43. The number of rotatable bonds is 5. The number of amides is 1. The van der Waals surface area contributed by atoms with Crippen molar-refractivity contribution in [3.63, 3.8) is 0 Å². The van der Waals surface area contributed by atoms with E-state index in [0.29, 0.717) is 12.8 Å². The molecule has 1 aromatic carbocycles. The van der Waals surface area contributed by atoms with Crippen LogP contribution in [0.1, 0.15) is 18.4 Å². The van der Waals surface area contributed by atoms with Gasteiger partial charge in [-0.15, -0.1) is 0 Å². The predicted octanol–water partition coefficient (Wildman–Crippen LogP) is 2.90.